The van der Waals surface area contributed by atoms with Gasteiger partial charge in [-0.3, -0.25) is 9.30 Å². The molecule has 5 rings (SSSR count). The molecule has 1 amide bonds. The monoisotopic (exact) mass is 545 g/mol. The number of esters is 1. The van der Waals surface area contributed by atoms with Crippen molar-refractivity contribution in [3.05, 3.63) is 54.7 Å². The molecule has 0 spiro atoms. The summed E-state index contributed by atoms with van der Waals surface area (Å²) in [6, 6.07) is 14.5. The molecule has 0 unspecified atom stereocenters. The van der Waals surface area contributed by atoms with Crippen LogP contribution in [0.25, 0.3) is 28.1 Å². The molecule has 210 valence electrons. The van der Waals surface area contributed by atoms with Crippen LogP contribution in [0, 0.1) is 0 Å². The van der Waals surface area contributed by atoms with Gasteiger partial charge in [-0.15, -0.1) is 10.2 Å². The van der Waals surface area contributed by atoms with E-state index in [1.165, 1.54) is 4.90 Å². The number of rotatable bonds is 4. The van der Waals surface area contributed by atoms with Gasteiger partial charge in [0, 0.05) is 31.0 Å². The standard InChI is InChI=1S/C30H35N5O5/c1-29(2,3)39-27(36)22-18-20(15-17-34(22)28(37)40-30(4,5)6)38-23-11-9-10-19-13-14-21(31-25(19)23)26-33-32-24-12-7-8-16-35(24)26/h7-14,16,20,22H,15,17-18H2,1-6H3/t20-,22-/m0/s1. The number of amides is 1. The van der Waals surface area contributed by atoms with E-state index in [2.05, 4.69) is 10.2 Å². The number of benzene rings is 1. The highest BCUT2D eigenvalue weighted by atomic mass is 16.6. The number of carbonyl (C=O) groups is 2. The third kappa shape index (κ3) is 6.00. The van der Waals surface area contributed by atoms with Gasteiger partial charge in [0.25, 0.3) is 0 Å². The minimum Gasteiger partial charge on any atom is -0.488 e. The topological polar surface area (TPSA) is 108 Å². The Morgan fingerprint density at radius 3 is 2.42 bits per heavy atom. The molecule has 0 bridgehead atoms. The van der Waals surface area contributed by atoms with Crippen LogP contribution in [0.2, 0.25) is 0 Å². The fourth-order valence-corrected chi connectivity index (χ4v) is 4.71. The van der Waals surface area contributed by atoms with Crippen LogP contribution < -0.4 is 4.74 Å². The van der Waals surface area contributed by atoms with Crippen LogP contribution in [0.4, 0.5) is 4.79 Å². The number of hydrogen-bond donors (Lipinski definition) is 0. The zero-order chi connectivity index (χ0) is 28.7. The Labute approximate surface area is 233 Å². The molecule has 40 heavy (non-hydrogen) atoms. The second-order valence-corrected chi connectivity index (χ2v) is 12.0. The number of ether oxygens (including phenoxy) is 3. The predicted molar refractivity (Wildman–Crippen MR) is 150 cm³/mol. The predicted octanol–water partition coefficient (Wildman–Crippen LogP) is 5.43. The minimum atomic E-state index is -0.839. The summed E-state index contributed by atoms with van der Waals surface area (Å²) in [5.74, 6) is 0.735. The highest BCUT2D eigenvalue weighted by Gasteiger charge is 2.41. The van der Waals surface area contributed by atoms with E-state index >= 15 is 0 Å². The van der Waals surface area contributed by atoms with Crippen molar-refractivity contribution in [1.29, 1.82) is 0 Å². The van der Waals surface area contributed by atoms with Crippen LogP contribution in [0.15, 0.2) is 54.7 Å². The van der Waals surface area contributed by atoms with Crippen LogP contribution in [0.5, 0.6) is 5.75 Å². The summed E-state index contributed by atoms with van der Waals surface area (Å²) in [6.45, 7) is 11.1. The van der Waals surface area contributed by atoms with Crippen molar-refractivity contribution in [3.63, 3.8) is 0 Å². The van der Waals surface area contributed by atoms with Crippen LogP contribution >= 0.6 is 0 Å². The lowest BCUT2D eigenvalue weighted by Crippen LogP contribution is -2.54. The smallest absolute Gasteiger partial charge is 0.411 e. The Kier molecular flexibility index (Phi) is 7.12. The molecular weight excluding hydrogens is 510 g/mol. The second kappa shape index (κ2) is 10.4. The number of fused-ring (bicyclic) bond motifs is 2. The minimum absolute atomic E-state index is 0.263. The van der Waals surface area contributed by atoms with Gasteiger partial charge in [-0.05, 0) is 65.8 Å². The summed E-state index contributed by atoms with van der Waals surface area (Å²) >= 11 is 0. The first-order chi connectivity index (χ1) is 18.9. The number of hydrogen-bond acceptors (Lipinski definition) is 8. The summed E-state index contributed by atoms with van der Waals surface area (Å²) in [5.41, 5.74) is 0.676. The van der Waals surface area contributed by atoms with Gasteiger partial charge in [0.15, 0.2) is 11.5 Å². The van der Waals surface area contributed by atoms with Crippen LogP contribution in [0.3, 0.4) is 0 Å². The first-order valence-electron chi connectivity index (χ1n) is 13.5. The SMILES string of the molecule is CC(C)(C)OC(=O)[C@@H]1C[C@@H](Oc2cccc3ccc(-c4nnc5ccccn45)nc23)CCN1C(=O)OC(C)(C)C. The van der Waals surface area contributed by atoms with Crippen molar-refractivity contribution in [1.82, 2.24) is 24.5 Å². The molecule has 0 N–H and O–H groups in total. The third-order valence-corrected chi connectivity index (χ3v) is 6.38. The zero-order valence-corrected chi connectivity index (χ0v) is 23.7. The maximum Gasteiger partial charge on any atom is 0.411 e. The molecular formula is C30H35N5O5. The maximum atomic E-state index is 13.2. The molecule has 1 aliphatic rings. The Morgan fingerprint density at radius 2 is 1.68 bits per heavy atom. The molecule has 3 aromatic heterocycles. The lowest BCUT2D eigenvalue weighted by molar-refractivity contribution is -0.163. The Balaban J connectivity index is 1.42. The molecule has 0 radical (unpaired) electrons. The molecule has 0 saturated carbocycles. The maximum absolute atomic E-state index is 13.2. The van der Waals surface area contributed by atoms with E-state index in [4.69, 9.17) is 19.2 Å². The van der Waals surface area contributed by atoms with Gasteiger partial charge in [-0.25, -0.2) is 14.6 Å². The number of pyridine rings is 2. The van der Waals surface area contributed by atoms with Gasteiger partial charge in [0.2, 0.25) is 0 Å². The van der Waals surface area contributed by atoms with Gasteiger partial charge >= 0.3 is 12.1 Å². The lowest BCUT2D eigenvalue weighted by atomic mass is 9.99. The molecule has 10 nitrogen and oxygen atoms in total. The summed E-state index contributed by atoms with van der Waals surface area (Å²) < 4.78 is 19.6. The van der Waals surface area contributed by atoms with E-state index in [-0.39, 0.29) is 12.5 Å². The van der Waals surface area contributed by atoms with Gasteiger partial charge in [-0.1, -0.05) is 24.3 Å². The molecule has 10 heteroatoms. The number of carbonyl (C=O) groups excluding carboxylic acids is 2. The normalized spacial score (nSPS) is 18.1. The highest BCUT2D eigenvalue weighted by Crippen LogP contribution is 2.31. The Hall–Kier alpha value is -4.21. The average Bonchev–Trinajstić information content (AvgIpc) is 3.31. The van der Waals surface area contributed by atoms with Gasteiger partial charge in [-0.2, -0.15) is 0 Å². The first-order valence-corrected chi connectivity index (χ1v) is 13.5. The van der Waals surface area contributed by atoms with Crippen molar-refractivity contribution in [3.8, 4) is 17.3 Å². The molecule has 1 saturated heterocycles. The van der Waals surface area contributed by atoms with E-state index < -0.39 is 29.3 Å². The summed E-state index contributed by atoms with van der Waals surface area (Å²) in [4.78, 5) is 32.6. The third-order valence-electron chi connectivity index (χ3n) is 6.38. The summed E-state index contributed by atoms with van der Waals surface area (Å²) in [6.07, 6.45) is 1.79. The fraction of sp³-hybridized carbons (Fsp3) is 0.433. The van der Waals surface area contributed by atoms with E-state index in [0.717, 1.165) is 11.0 Å². The van der Waals surface area contributed by atoms with E-state index in [9.17, 15) is 9.59 Å². The highest BCUT2D eigenvalue weighted by molar-refractivity contribution is 5.86. The van der Waals surface area contributed by atoms with Crippen molar-refractivity contribution < 1.29 is 23.8 Å². The van der Waals surface area contributed by atoms with Crippen molar-refractivity contribution in [2.45, 2.75) is 77.7 Å². The summed E-state index contributed by atoms with van der Waals surface area (Å²) in [5, 5.41) is 9.48. The van der Waals surface area contributed by atoms with Crippen molar-refractivity contribution in [2.75, 3.05) is 6.54 Å². The Morgan fingerprint density at radius 1 is 0.900 bits per heavy atom. The molecule has 4 aromatic rings. The largest absolute Gasteiger partial charge is 0.488 e. The van der Waals surface area contributed by atoms with Gasteiger partial charge in [0.1, 0.15) is 40.3 Å². The molecule has 1 fully saturated rings. The number of piperidine rings is 1. The molecule has 2 atom stereocenters. The first kappa shape index (κ1) is 27.4. The molecule has 4 heterocycles. The van der Waals surface area contributed by atoms with Crippen molar-refractivity contribution in [2.24, 2.45) is 0 Å². The molecule has 1 aliphatic heterocycles. The van der Waals surface area contributed by atoms with Crippen molar-refractivity contribution >= 4 is 28.6 Å². The average molecular weight is 546 g/mol. The lowest BCUT2D eigenvalue weighted by Gasteiger charge is -2.39. The van der Waals surface area contributed by atoms with Gasteiger partial charge in [0.05, 0.1) is 0 Å². The number of nitrogens with zero attached hydrogens (tertiary/aromatic N) is 5. The van der Waals surface area contributed by atoms with E-state index in [1.54, 1.807) is 41.5 Å². The van der Waals surface area contributed by atoms with E-state index in [0.29, 0.717) is 35.8 Å². The number of para-hydroxylation sites is 1. The van der Waals surface area contributed by atoms with Crippen LogP contribution in [-0.2, 0) is 14.3 Å². The van der Waals surface area contributed by atoms with Gasteiger partial charge < -0.3 is 14.2 Å². The second-order valence-electron chi connectivity index (χ2n) is 12.0. The number of aromatic nitrogens is 4. The van der Waals surface area contributed by atoms with Crippen LogP contribution in [-0.4, -0.2) is 66.4 Å². The number of likely N-dealkylation sites (tertiary alicyclic amines) is 1. The van der Waals surface area contributed by atoms with E-state index in [1.807, 2.05) is 59.1 Å². The quantitative estimate of drug-likeness (QED) is 0.312. The molecule has 1 aromatic carbocycles. The summed E-state index contributed by atoms with van der Waals surface area (Å²) in [7, 11) is 0. The zero-order valence-electron chi connectivity index (χ0n) is 23.7. The van der Waals surface area contributed by atoms with Crippen LogP contribution in [0.1, 0.15) is 54.4 Å². The molecule has 0 aliphatic carbocycles. The Bertz CT molecular complexity index is 1550. The fourth-order valence-electron chi connectivity index (χ4n) is 4.71.